The van der Waals surface area contributed by atoms with Crippen LogP contribution in [0.15, 0.2) is 24.3 Å². The number of amides is 1. The van der Waals surface area contributed by atoms with Crippen LogP contribution < -0.4 is 5.32 Å². The van der Waals surface area contributed by atoms with E-state index in [0.717, 1.165) is 18.4 Å². The molecule has 0 unspecified atom stereocenters. The number of nitriles is 1. The van der Waals surface area contributed by atoms with E-state index in [1.54, 1.807) is 24.3 Å². The number of carbonyl (C=O) groups is 1. The summed E-state index contributed by atoms with van der Waals surface area (Å²) in [7, 11) is 0. The lowest BCUT2D eigenvalue weighted by Crippen LogP contribution is -2.40. The van der Waals surface area contributed by atoms with Crippen molar-refractivity contribution < 1.29 is 9.90 Å². The van der Waals surface area contributed by atoms with E-state index in [-0.39, 0.29) is 5.91 Å². The van der Waals surface area contributed by atoms with Crippen molar-refractivity contribution in [1.82, 2.24) is 0 Å². The van der Waals surface area contributed by atoms with Crippen molar-refractivity contribution in [3.63, 3.8) is 0 Å². The third kappa shape index (κ3) is 2.69. The van der Waals surface area contributed by atoms with Gasteiger partial charge in [0.15, 0.2) is 0 Å². The Labute approximate surface area is 106 Å². The molecule has 1 fully saturated rings. The molecule has 4 heteroatoms. The highest BCUT2D eigenvalue weighted by atomic mass is 16.3. The Morgan fingerprint density at radius 2 is 1.94 bits per heavy atom. The summed E-state index contributed by atoms with van der Waals surface area (Å²) in [6, 6.07) is 9.18. The number of anilines is 1. The molecule has 18 heavy (non-hydrogen) atoms. The van der Waals surface area contributed by atoms with Crippen molar-refractivity contribution in [2.45, 2.75) is 37.7 Å². The molecule has 1 saturated carbocycles. The SMILES string of the molecule is N#CCc1ccc(NC(=O)C2(O)CCCC2)cc1. The number of hydrogen-bond donors (Lipinski definition) is 2. The van der Waals surface area contributed by atoms with Gasteiger partial charge >= 0.3 is 0 Å². The van der Waals surface area contributed by atoms with Crippen LogP contribution in [-0.2, 0) is 11.2 Å². The average Bonchev–Trinajstić information content (AvgIpc) is 2.80. The zero-order valence-electron chi connectivity index (χ0n) is 10.1. The fraction of sp³-hybridized carbons (Fsp3) is 0.429. The van der Waals surface area contributed by atoms with Crippen LogP contribution in [-0.4, -0.2) is 16.6 Å². The predicted molar refractivity (Wildman–Crippen MR) is 67.8 cm³/mol. The van der Waals surface area contributed by atoms with E-state index in [0.29, 0.717) is 24.9 Å². The second-order valence-corrected chi connectivity index (χ2v) is 4.72. The summed E-state index contributed by atoms with van der Waals surface area (Å²) in [6.45, 7) is 0. The van der Waals surface area contributed by atoms with Crippen LogP contribution in [0.25, 0.3) is 0 Å². The Morgan fingerprint density at radius 3 is 2.50 bits per heavy atom. The van der Waals surface area contributed by atoms with E-state index in [2.05, 4.69) is 11.4 Å². The van der Waals surface area contributed by atoms with Crippen molar-refractivity contribution in [2.24, 2.45) is 0 Å². The minimum absolute atomic E-state index is 0.326. The van der Waals surface area contributed by atoms with Crippen molar-refractivity contribution in [2.75, 3.05) is 5.32 Å². The van der Waals surface area contributed by atoms with Gasteiger partial charge < -0.3 is 10.4 Å². The number of benzene rings is 1. The van der Waals surface area contributed by atoms with Gasteiger partial charge in [0, 0.05) is 5.69 Å². The molecule has 1 aromatic rings. The predicted octanol–water partition coefficient (Wildman–Crippen LogP) is 2.00. The van der Waals surface area contributed by atoms with Gasteiger partial charge in [0.05, 0.1) is 12.5 Å². The number of nitrogens with one attached hydrogen (secondary N) is 1. The summed E-state index contributed by atoms with van der Waals surface area (Å²) >= 11 is 0. The Bertz CT molecular complexity index is 468. The van der Waals surface area contributed by atoms with Gasteiger partial charge in [-0.05, 0) is 43.4 Å². The van der Waals surface area contributed by atoms with E-state index in [1.165, 1.54) is 0 Å². The molecule has 1 aliphatic rings. The van der Waals surface area contributed by atoms with Crippen LogP contribution in [0, 0.1) is 11.3 Å². The molecule has 0 radical (unpaired) electrons. The summed E-state index contributed by atoms with van der Waals surface area (Å²) in [4.78, 5) is 11.9. The maximum Gasteiger partial charge on any atom is 0.256 e. The molecule has 4 nitrogen and oxygen atoms in total. The van der Waals surface area contributed by atoms with Gasteiger partial charge in [-0.3, -0.25) is 4.79 Å². The van der Waals surface area contributed by atoms with E-state index in [4.69, 9.17) is 5.26 Å². The van der Waals surface area contributed by atoms with Crippen LogP contribution in [0.2, 0.25) is 0 Å². The van der Waals surface area contributed by atoms with Crippen LogP contribution in [0.1, 0.15) is 31.2 Å². The second-order valence-electron chi connectivity index (χ2n) is 4.72. The lowest BCUT2D eigenvalue weighted by atomic mass is 10.0. The molecule has 0 aromatic heterocycles. The van der Waals surface area contributed by atoms with Crippen LogP contribution in [0.3, 0.4) is 0 Å². The van der Waals surface area contributed by atoms with Gasteiger partial charge in [0.2, 0.25) is 0 Å². The average molecular weight is 244 g/mol. The fourth-order valence-electron chi connectivity index (χ4n) is 2.23. The quantitative estimate of drug-likeness (QED) is 0.854. The molecule has 0 atom stereocenters. The largest absolute Gasteiger partial charge is 0.380 e. The number of rotatable bonds is 3. The molecule has 1 aliphatic carbocycles. The number of nitrogens with zero attached hydrogens (tertiary/aromatic N) is 1. The van der Waals surface area contributed by atoms with Gasteiger partial charge in [-0.15, -0.1) is 0 Å². The Hall–Kier alpha value is -1.86. The van der Waals surface area contributed by atoms with Gasteiger partial charge in [0.1, 0.15) is 5.60 Å². The van der Waals surface area contributed by atoms with E-state index in [1.807, 2.05) is 0 Å². The third-order valence-corrected chi connectivity index (χ3v) is 3.35. The molecule has 0 heterocycles. The first kappa shape index (κ1) is 12.6. The van der Waals surface area contributed by atoms with Crippen molar-refractivity contribution in [1.29, 1.82) is 5.26 Å². The molecular weight excluding hydrogens is 228 g/mol. The molecule has 0 bridgehead atoms. The summed E-state index contributed by atoms with van der Waals surface area (Å²) in [6.07, 6.45) is 3.21. The zero-order chi connectivity index (χ0) is 13.0. The van der Waals surface area contributed by atoms with E-state index in [9.17, 15) is 9.90 Å². The van der Waals surface area contributed by atoms with Gasteiger partial charge in [-0.2, -0.15) is 5.26 Å². The topological polar surface area (TPSA) is 73.1 Å². The molecule has 0 spiro atoms. The second kappa shape index (κ2) is 5.19. The van der Waals surface area contributed by atoms with Gasteiger partial charge in [-0.1, -0.05) is 12.1 Å². The molecule has 0 saturated heterocycles. The Kier molecular flexibility index (Phi) is 3.63. The standard InChI is InChI=1S/C14H16N2O2/c15-10-7-11-3-5-12(6-4-11)16-13(17)14(18)8-1-2-9-14/h3-6,18H,1-2,7-9H2,(H,16,17). The number of carbonyl (C=O) groups excluding carboxylic acids is 1. The summed E-state index contributed by atoms with van der Waals surface area (Å²) in [5.41, 5.74) is 0.364. The molecule has 94 valence electrons. The smallest absolute Gasteiger partial charge is 0.256 e. The highest BCUT2D eigenvalue weighted by Gasteiger charge is 2.38. The summed E-state index contributed by atoms with van der Waals surface area (Å²) in [5, 5.41) is 21.4. The van der Waals surface area contributed by atoms with Crippen LogP contribution in [0.5, 0.6) is 0 Å². The first-order valence-corrected chi connectivity index (χ1v) is 6.14. The van der Waals surface area contributed by atoms with Crippen molar-refractivity contribution in [3.8, 4) is 6.07 Å². The van der Waals surface area contributed by atoms with Crippen LogP contribution >= 0.6 is 0 Å². The first-order chi connectivity index (χ1) is 8.64. The third-order valence-electron chi connectivity index (χ3n) is 3.35. The lowest BCUT2D eigenvalue weighted by Gasteiger charge is -2.20. The van der Waals surface area contributed by atoms with Crippen molar-refractivity contribution in [3.05, 3.63) is 29.8 Å². The molecule has 1 aromatic carbocycles. The van der Waals surface area contributed by atoms with Gasteiger partial charge in [-0.25, -0.2) is 0 Å². The molecule has 1 amide bonds. The minimum Gasteiger partial charge on any atom is -0.380 e. The Morgan fingerprint density at radius 1 is 1.33 bits per heavy atom. The minimum atomic E-state index is -1.20. The maximum absolute atomic E-state index is 11.9. The first-order valence-electron chi connectivity index (χ1n) is 6.14. The molecule has 0 aliphatic heterocycles. The van der Waals surface area contributed by atoms with Gasteiger partial charge in [0.25, 0.3) is 5.91 Å². The molecular formula is C14H16N2O2. The highest BCUT2D eigenvalue weighted by molar-refractivity contribution is 5.97. The summed E-state index contributed by atoms with van der Waals surface area (Å²) in [5.74, 6) is -0.326. The van der Waals surface area contributed by atoms with E-state index < -0.39 is 5.60 Å². The summed E-state index contributed by atoms with van der Waals surface area (Å²) < 4.78 is 0. The maximum atomic E-state index is 11.9. The monoisotopic (exact) mass is 244 g/mol. The normalized spacial score (nSPS) is 17.1. The zero-order valence-corrected chi connectivity index (χ0v) is 10.1. The Balaban J connectivity index is 2.01. The molecule has 2 rings (SSSR count). The lowest BCUT2D eigenvalue weighted by molar-refractivity contribution is -0.133. The number of hydrogen-bond acceptors (Lipinski definition) is 3. The highest BCUT2D eigenvalue weighted by Crippen LogP contribution is 2.30. The van der Waals surface area contributed by atoms with Crippen LogP contribution in [0.4, 0.5) is 5.69 Å². The molecule has 2 N–H and O–H groups in total. The fourth-order valence-corrected chi connectivity index (χ4v) is 2.23. The van der Waals surface area contributed by atoms with E-state index >= 15 is 0 Å². The van der Waals surface area contributed by atoms with Crippen molar-refractivity contribution >= 4 is 11.6 Å². The number of aliphatic hydroxyl groups is 1.